The summed E-state index contributed by atoms with van der Waals surface area (Å²) in [6.07, 6.45) is 0. The molecule has 0 spiro atoms. The van der Waals surface area contributed by atoms with E-state index in [1.54, 1.807) is 6.07 Å². The normalized spacial score (nSPS) is 10.8. The average molecular weight is 342 g/mol. The fourth-order valence-corrected chi connectivity index (χ4v) is 2.93. The summed E-state index contributed by atoms with van der Waals surface area (Å²) in [7, 11) is 0. The van der Waals surface area contributed by atoms with Crippen LogP contribution in [0, 0.1) is 6.92 Å². The van der Waals surface area contributed by atoms with E-state index in [1.165, 1.54) is 5.56 Å². The number of para-hydroxylation sites is 2. The van der Waals surface area contributed by atoms with Crippen LogP contribution in [0.25, 0.3) is 22.3 Å². The number of H-pyrrole nitrogens is 1. The molecule has 0 amide bonds. The summed E-state index contributed by atoms with van der Waals surface area (Å²) in [5, 5.41) is 0.578. The molecule has 4 aromatic rings. The van der Waals surface area contributed by atoms with Crippen LogP contribution in [0.2, 0.25) is 0 Å². The number of rotatable bonds is 4. The van der Waals surface area contributed by atoms with Gasteiger partial charge in [0.05, 0.1) is 16.5 Å². The summed E-state index contributed by atoms with van der Waals surface area (Å²) in [5.41, 5.74) is 3.59. The van der Waals surface area contributed by atoms with Crippen molar-refractivity contribution in [1.29, 1.82) is 0 Å². The molecule has 0 radical (unpaired) electrons. The third kappa shape index (κ3) is 3.09. The highest BCUT2D eigenvalue weighted by Crippen LogP contribution is 2.28. The lowest BCUT2D eigenvalue weighted by molar-refractivity contribution is 0.306. The number of fused-ring (bicyclic) bond motifs is 1. The predicted molar refractivity (Wildman–Crippen MR) is 103 cm³/mol. The molecular formula is C22H18N2O2. The van der Waals surface area contributed by atoms with Crippen molar-refractivity contribution in [2.24, 2.45) is 0 Å². The molecule has 1 aromatic heterocycles. The minimum absolute atomic E-state index is 0.153. The quantitative estimate of drug-likeness (QED) is 0.595. The molecule has 0 aliphatic rings. The fourth-order valence-electron chi connectivity index (χ4n) is 2.93. The van der Waals surface area contributed by atoms with Crippen molar-refractivity contribution >= 4 is 10.9 Å². The first-order valence-corrected chi connectivity index (χ1v) is 8.48. The SMILES string of the molecule is Cc1ccccc1COc1ccccc1-c1nc2ccccc2c(=O)[nH]1. The predicted octanol–water partition coefficient (Wildman–Crippen LogP) is 4.48. The Balaban J connectivity index is 1.72. The zero-order valence-electron chi connectivity index (χ0n) is 14.4. The first kappa shape index (κ1) is 16.1. The number of nitrogens with one attached hydrogen (secondary N) is 1. The van der Waals surface area contributed by atoms with E-state index in [1.807, 2.05) is 60.7 Å². The summed E-state index contributed by atoms with van der Waals surface area (Å²) in [6.45, 7) is 2.52. The Morgan fingerprint density at radius 2 is 1.65 bits per heavy atom. The number of benzene rings is 3. The Kier molecular flexibility index (Phi) is 4.23. The summed E-state index contributed by atoms with van der Waals surface area (Å²) in [4.78, 5) is 19.8. The monoisotopic (exact) mass is 342 g/mol. The number of nitrogens with zero attached hydrogens (tertiary/aromatic N) is 1. The second kappa shape index (κ2) is 6.84. The van der Waals surface area contributed by atoms with Gasteiger partial charge in [-0.25, -0.2) is 4.98 Å². The number of aryl methyl sites for hydroxylation is 1. The van der Waals surface area contributed by atoms with E-state index in [4.69, 9.17) is 4.74 Å². The lowest BCUT2D eigenvalue weighted by atomic mass is 10.1. The molecule has 0 atom stereocenters. The zero-order chi connectivity index (χ0) is 17.9. The Bertz CT molecular complexity index is 1130. The van der Waals surface area contributed by atoms with Crippen molar-refractivity contribution in [2.45, 2.75) is 13.5 Å². The lowest BCUT2D eigenvalue weighted by Crippen LogP contribution is -2.10. The van der Waals surface area contributed by atoms with Crippen LogP contribution < -0.4 is 10.3 Å². The molecule has 128 valence electrons. The van der Waals surface area contributed by atoms with Crippen molar-refractivity contribution in [2.75, 3.05) is 0 Å². The Morgan fingerprint density at radius 3 is 2.54 bits per heavy atom. The lowest BCUT2D eigenvalue weighted by Gasteiger charge is -2.12. The van der Waals surface area contributed by atoms with E-state index >= 15 is 0 Å². The van der Waals surface area contributed by atoms with Gasteiger partial charge in [0, 0.05) is 0 Å². The van der Waals surface area contributed by atoms with Crippen molar-refractivity contribution < 1.29 is 4.74 Å². The van der Waals surface area contributed by atoms with Crippen LogP contribution in [-0.4, -0.2) is 9.97 Å². The first-order chi connectivity index (χ1) is 12.7. The van der Waals surface area contributed by atoms with Crippen molar-refractivity contribution in [3.05, 3.63) is 94.3 Å². The van der Waals surface area contributed by atoms with Gasteiger partial charge in [0.25, 0.3) is 5.56 Å². The molecule has 0 fully saturated rings. The number of aromatic nitrogens is 2. The molecule has 0 aliphatic heterocycles. The van der Waals surface area contributed by atoms with E-state index in [2.05, 4.69) is 23.0 Å². The van der Waals surface area contributed by atoms with Gasteiger partial charge in [-0.2, -0.15) is 0 Å². The maximum atomic E-state index is 12.4. The molecule has 0 aliphatic carbocycles. The van der Waals surface area contributed by atoms with Gasteiger partial charge in [-0.3, -0.25) is 4.79 Å². The van der Waals surface area contributed by atoms with Gasteiger partial charge in [-0.15, -0.1) is 0 Å². The molecule has 4 heteroatoms. The van der Waals surface area contributed by atoms with Crippen LogP contribution >= 0.6 is 0 Å². The summed E-state index contributed by atoms with van der Waals surface area (Å²) < 4.78 is 6.05. The van der Waals surface area contributed by atoms with Crippen LogP contribution in [0.3, 0.4) is 0 Å². The Hall–Kier alpha value is -3.40. The topological polar surface area (TPSA) is 55.0 Å². The fraction of sp³-hybridized carbons (Fsp3) is 0.0909. The number of hydrogen-bond donors (Lipinski definition) is 1. The molecular weight excluding hydrogens is 324 g/mol. The molecule has 1 heterocycles. The van der Waals surface area contributed by atoms with Crippen LogP contribution in [0.5, 0.6) is 5.75 Å². The van der Waals surface area contributed by atoms with Gasteiger partial charge >= 0.3 is 0 Å². The molecule has 0 saturated carbocycles. The van der Waals surface area contributed by atoms with E-state index < -0.39 is 0 Å². The summed E-state index contributed by atoms with van der Waals surface area (Å²) >= 11 is 0. The van der Waals surface area contributed by atoms with Gasteiger partial charge in [-0.1, -0.05) is 48.5 Å². The average Bonchev–Trinajstić information content (AvgIpc) is 2.67. The van der Waals surface area contributed by atoms with Crippen LogP contribution in [0.1, 0.15) is 11.1 Å². The standard InChI is InChI=1S/C22H18N2O2/c1-15-8-2-3-9-16(15)14-26-20-13-7-5-11-18(20)21-23-19-12-6-4-10-17(19)22(25)24-21/h2-13H,14H2,1H3,(H,23,24,25). The van der Waals surface area contributed by atoms with E-state index in [0.717, 1.165) is 11.1 Å². The minimum atomic E-state index is -0.153. The molecule has 1 N–H and O–H groups in total. The third-order valence-electron chi connectivity index (χ3n) is 4.40. The number of hydrogen-bond acceptors (Lipinski definition) is 3. The molecule has 4 nitrogen and oxygen atoms in total. The molecule has 0 bridgehead atoms. The second-order valence-electron chi connectivity index (χ2n) is 6.14. The third-order valence-corrected chi connectivity index (χ3v) is 4.40. The maximum absolute atomic E-state index is 12.4. The summed E-state index contributed by atoms with van der Waals surface area (Å²) in [5.74, 6) is 1.20. The van der Waals surface area contributed by atoms with Crippen LogP contribution in [-0.2, 0) is 6.61 Å². The second-order valence-corrected chi connectivity index (χ2v) is 6.14. The van der Waals surface area contributed by atoms with Crippen molar-refractivity contribution in [1.82, 2.24) is 9.97 Å². The smallest absolute Gasteiger partial charge is 0.259 e. The molecule has 0 saturated heterocycles. The molecule has 4 rings (SSSR count). The van der Waals surface area contributed by atoms with Gasteiger partial charge in [0.1, 0.15) is 18.2 Å². The Morgan fingerprint density at radius 1 is 0.923 bits per heavy atom. The van der Waals surface area contributed by atoms with Gasteiger partial charge in [0.2, 0.25) is 0 Å². The van der Waals surface area contributed by atoms with E-state index in [0.29, 0.717) is 29.1 Å². The van der Waals surface area contributed by atoms with Crippen LogP contribution in [0.4, 0.5) is 0 Å². The summed E-state index contributed by atoms with van der Waals surface area (Å²) in [6, 6.07) is 23.1. The highest BCUT2D eigenvalue weighted by Gasteiger charge is 2.11. The first-order valence-electron chi connectivity index (χ1n) is 8.48. The van der Waals surface area contributed by atoms with Gasteiger partial charge in [-0.05, 0) is 42.3 Å². The molecule has 3 aromatic carbocycles. The highest BCUT2D eigenvalue weighted by molar-refractivity contribution is 5.80. The zero-order valence-corrected chi connectivity index (χ0v) is 14.4. The molecule has 0 unspecified atom stereocenters. The Labute approximate surface area is 151 Å². The van der Waals surface area contributed by atoms with Gasteiger partial charge in [0.15, 0.2) is 0 Å². The highest BCUT2D eigenvalue weighted by atomic mass is 16.5. The number of aromatic amines is 1. The largest absolute Gasteiger partial charge is 0.488 e. The molecule has 26 heavy (non-hydrogen) atoms. The van der Waals surface area contributed by atoms with Crippen LogP contribution in [0.15, 0.2) is 77.6 Å². The minimum Gasteiger partial charge on any atom is -0.488 e. The van der Waals surface area contributed by atoms with E-state index in [9.17, 15) is 4.79 Å². The van der Waals surface area contributed by atoms with Crippen molar-refractivity contribution in [3.63, 3.8) is 0 Å². The van der Waals surface area contributed by atoms with Crippen molar-refractivity contribution in [3.8, 4) is 17.1 Å². The maximum Gasteiger partial charge on any atom is 0.259 e. The van der Waals surface area contributed by atoms with E-state index in [-0.39, 0.29) is 5.56 Å². The van der Waals surface area contributed by atoms with Gasteiger partial charge < -0.3 is 9.72 Å². The number of ether oxygens (including phenoxy) is 1.